The SMILES string of the molecule is Cc1cccc([N+](=O)[O-])c1N1CCCN(CC(=O)O)CC1. The van der Waals surface area contributed by atoms with E-state index in [1.165, 1.54) is 6.07 Å². The summed E-state index contributed by atoms with van der Waals surface area (Å²) in [6.07, 6.45) is 0.790. The van der Waals surface area contributed by atoms with Gasteiger partial charge in [0.2, 0.25) is 0 Å². The normalized spacial score (nSPS) is 16.5. The Labute approximate surface area is 122 Å². The molecule has 0 bridgehead atoms. The topological polar surface area (TPSA) is 86.9 Å². The number of hydrogen-bond donors (Lipinski definition) is 1. The van der Waals surface area contributed by atoms with Crippen LogP contribution in [0, 0.1) is 17.0 Å². The molecule has 2 rings (SSSR count). The molecule has 1 heterocycles. The van der Waals surface area contributed by atoms with Crippen LogP contribution in [0.3, 0.4) is 0 Å². The molecule has 0 saturated carbocycles. The number of rotatable bonds is 4. The highest BCUT2D eigenvalue weighted by molar-refractivity contribution is 5.69. The predicted molar refractivity (Wildman–Crippen MR) is 78.7 cm³/mol. The molecule has 0 amide bonds. The minimum absolute atomic E-state index is 0.0176. The number of anilines is 1. The van der Waals surface area contributed by atoms with Gasteiger partial charge in [-0.3, -0.25) is 19.8 Å². The number of nitro groups is 1. The summed E-state index contributed by atoms with van der Waals surface area (Å²) in [4.78, 5) is 25.5. The monoisotopic (exact) mass is 293 g/mol. The molecule has 114 valence electrons. The van der Waals surface area contributed by atoms with Crippen LogP contribution < -0.4 is 4.90 Å². The fourth-order valence-electron chi connectivity index (χ4n) is 2.75. The number of aryl methyl sites for hydroxylation is 1. The zero-order chi connectivity index (χ0) is 15.4. The van der Waals surface area contributed by atoms with Crippen molar-refractivity contribution in [3.63, 3.8) is 0 Å². The molecular formula is C14H19N3O4. The lowest BCUT2D eigenvalue weighted by atomic mass is 10.1. The Bertz CT molecular complexity index is 547. The van der Waals surface area contributed by atoms with Crippen LogP contribution in [-0.2, 0) is 4.79 Å². The van der Waals surface area contributed by atoms with Crippen LogP contribution in [0.1, 0.15) is 12.0 Å². The Morgan fingerprint density at radius 1 is 1.33 bits per heavy atom. The maximum absolute atomic E-state index is 11.2. The first-order valence-electron chi connectivity index (χ1n) is 6.92. The predicted octanol–water partition coefficient (Wildman–Crippen LogP) is 1.50. The van der Waals surface area contributed by atoms with E-state index in [-0.39, 0.29) is 17.2 Å². The number of carbonyl (C=O) groups is 1. The van der Waals surface area contributed by atoms with Gasteiger partial charge in [0.15, 0.2) is 0 Å². The van der Waals surface area contributed by atoms with Crippen LogP contribution in [0.4, 0.5) is 11.4 Å². The van der Waals surface area contributed by atoms with Gasteiger partial charge in [-0.05, 0) is 18.9 Å². The third-order valence-electron chi connectivity index (χ3n) is 3.68. The molecule has 0 unspecified atom stereocenters. The first kappa shape index (κ1) is 15.2. The lowest BCUT2D eigenvalue weighted by Crippen LogP contribution is -2.34. The van der Waals surface area contributed by atoms with Crippen LogP contribution in [0.5, 0.6) is 0 Å². The van der Waals surface area contributed by atoms with E-state index in [0.717, 1.165) is 12.0 Å². The van der Waals surface area contributed by atoms with Crippen LogP contribution >= 0.6 is 0 Å². The minimum Gasteiger partial charge on any atom is -0.480 e. The average molecular weight is 293 g/mol. The fraction of sp³-hybridized carbons (Fsp3) is 0.500. The molecule has 7 heteroatoms. The number of carboxylic acid groups (broad SMARTS) is 1. The van der Waals surface area contributed by atoms with Crippen molar-refractivity contribution in [1.82, 2.24) is 4.90 Å². The van der Waals surface area contributed by atoms with Crippen molar-refractivity contribution in [2.75, 3.05) is 37.6 Å². The maximum atomic E-state index is 11.2. The van der Waals surface area contributed by atoms with Gasteiger partial charge in [-0.2, -0.15) is 0 Å². The Balaban J connectivity index is 2.19. The standard InChI is InChI=1S/C14H19N3O4/c1-11-4-2-5-12(17(20)21)14(11)16-7-3-6-15(8-9-16)10-13(18)19/h2,4-5H,3,6-10H2,1H3,(H,18,19). The average Bonchev–Trinajstić information content (AvgIpc) is 2.63. The van der Waals surface area contributed by atoms with E-state index in [1.807, 2.05) is 22.8 Å². The molecule has 1 aromatic carbocycles. The Morgan fingerprint density at radius 3 is 2.76 bits per heavy atom. The second-order valence-electron chi connectivity index (χ2n) is 5.21. The zero-order valence-electron chi connectivity index (χ0n) is 12.0. The molecule has 1 aromatic rings. The van der Waals surface area contributed by atoms with Gasteiger partial charge >= 0.3 is 5.97 Å². The number of nitro benzene ring substituents is 1. The highest BCUT2D eigenvalue weighted by Crippen LogP contribution is 2.32. The Hall–Kier alpha value is -2.15. The highest BCUT2D eigenvalue weighted by atomic mass is 16.6. The minimum atomic E-state index is -0.842. The molecule has 1 N–H and O–H groups in total. The van der Waals surface area contributed by atoms with Gasteiger partial charge < -0.3 is 10.0 Å². The van der Waals surface area contributed by atoms with Crippen molar-refractivity contribution >= 4 is 17.3 Å². The van der Waals surface area contributed by atoms with Crippen molar-refractivity contribution < 1.29 is 14.8 Å². The first-order chi connectivity index (χ1) is 9.99. The molecule has 1 fully saturated rings. The molecule has 0 aliphatic carbocycles. The van der Waals surface area contributed by atoms with Gasteiger partial charge in [0, 0.05) is 32.2 Å². The zero-order valence-corrected chi connectivity index (χ0v) is 12.0. The summed E-state index contributed by atoms with van der Waals surface area (Å²) in [5.41, 5.74) is 1.64. The number of hydrogen-bond acceptors (Lipinski definition) is 5. The van der Waals surface area contributed by atoms with Crippen molar-refractivity contribution in [1.29, 1.82) is 0 Å². The van der Waals surface area contributed by atoms with E-state index in [9.17, 15) is 14.9 Å². The summed E-state index contributed by atoms with van der Waals surface area (Å²) in [5, 5.41) is 20.1. The lowest BCUT2D eigenvalue weighted by molar-refractivity contribution is -0.384. The molecule has 0 spiro atoms. The second kappa shape index (κ2) is 6.53. The molecule has 0 atom stereocenters. The van der Waals surface area contributed by atoms with Crippen LogP contribution in [-0.4, -0.2) is 53.6 Å². The number of benzene rings is 1. The first-order valence-corrected chi connectivity index (χ1v) is 6.92. The third-order valence-corrected chi connectivity index (χ3v) is 3.68. The molecular weight excluding hydrogens is 274 g/mol. The molecule has 0 aromatic heterocycles. The Morgan fingerprint density at radius 2 is 2.10 bits per heavy atom. The maximum Gasteiger partial charge on any atom is 0.317 e. The summed E-state index contributed by atoms with van der Waals surface area (Å²) < 4.78 is 0. The molecule has 1 aliphatic heterocycles. The van der Waals surface area contributed by atoms with Gasteiger partial charge in [0.05, 0.1) is 11.5 Å². The van der Waals surface area contributed by atoms with Gasteiger partial charge in [-0.1, -0.05) is 12.1 Å². The molecule has 21 heavy (non-hydrogen) atoms. The summed E-state index contributed by atoms with van der Waals surface area (Å²) in [6, 6.07) is 5.07. The van der Waals surface area contributed by atoms with Gasteiger partial charge in [-0.15, -0.1) is 0 Å². The van der Waals surface area contributed by atoms with E-state index in [2.05, 4.69) is 0 Å². The lowest BCUT2D eigenvalue weighted by Gasteiger charge is -2.24. The summed E-state index contributed by atoms with van der Waals surface area (Å²) >= 11 is 0. The van der Waals surface area contributed by atoms with E-state index >= 15 is 0 Å². The smallest absolute Gasteiger partial charge is 0.317 e. The van der Waals surface area contributed by atoms with E-state index < -0.39 is 5.97 Å². The summed E-state index contributed by atoms with van der Waals surface area (Å²) in [7, 11) is 0. The van der Waals surface area contributed by atoms with Crippen molar-refractivity contribution in [3.8, 4) is 0 Å². The second-order valence-corrected chi connectivity index (χ2v) is 5.21. The number of para-hydroxylation sites is 1. The highest BCUT2D eigenvalue weighted by Gasteiger charge is 2.24. The van der Waals surface area contributed by atoms with Crippen LogP contribution in [0.25, 0.3) is 0 Å². The van der Waals surface area contributed by atoms with Crippen molar-refractivity contribution in [2.45, 2.75) is 13.3 Å². The number of carboxylic acids is 1. The number of nitrogens with zero attached hydrogens (tertiary/aromatic N) is 3. The number of aliphatic carboxylic acids is 1. The van der Waals surface area contributed by atoms with Crippen LogP contribution in [0.2, 0.25) is 0 Å². The van der Waals surface area contributed by atoms with Crippen LogP contribution in [0.15, 0.2) is 18.2 Å². The molecule has 0 radical (unpaired) electrons. The van der Waals surface area contributed by atoms with Gasteiger partial charge in [-0.25, -0.2) is 0 Å². The van der Waals surface area contributed by atoms with E-state index in [4.69, 9.17) is 5.11 Å². The fourth-order valence-corrected chi connectivity index (χ4v) is 2.75. The van der Waals surface area contributed by atoms with Crippen molar-refractivity contribution in [3.05, 3.63) is 33.9 Å². The van der Waals surface area contributed by atoms with E-state index in [1.54, 1.807) is 6.07 Å². The summed E-state index contributed by atoms with van der Waals surface area (Å²) in [5.74, 6) is -0.842. The van der Waals surface area contributed by atoms with E-state index in [0.29, 0.717) is 31.9 Å². The molecule has 1 saturated heterocycles. The van der Waals surface area contributed by atoms with Gasteiger partial charge in [0.1, 0.15) is 5.69 Å². The quantitative estimate of drug-likeness (QED) is 0.668. The third kappa shape index (κ3) is 3.69. The van der Waals surface area contributed by atoms with Gasteiger partial charge in [0.25, 0.3) is 5.69 Å². The molecule has 1 aliphatic rings. The Kier molecular flexibility index (Phi) is 4.74. The largest absolute Gasteiger partial charge is 0.480 e. The molecule has 7 nitrogen and oxygen atoms in total. The van der Waals surface area contributed by atoms with Crippen molar-refractivity contribution in [2.24, 2.45) is 0 Å². The summed E-state index contributed by atoms with van der Waals surface area (Å²) in [6.45, 7) is 4.47.